The molecule has 9 heteroatoms. The molecule has 0 saturated heterocycles. The van der Waals surface area contributed by atoms with Gasteiger partial charge in [0.15, 0.2) is 6.61 Å². The smallest absolute Gasteiger partial charge is 0.311 e. The Kier molecular flexibility index (Phi) is 9.65. The Labute approximate surface area is 193 Å². The maximum Gasteiger partial charge on any atom is 0.311 e. The number of aryl methyl sites for hydroxylation is 1. The third-order valence-corrected chi connectivity index (χ3v) is 5.31. The molecule has 0 heterocycles. The van der Waals surface area contributed by atoms with Gasteiger partial charge < -0.3 is 19.7 Å². The number of hydrogen-bond donors (Lipinski definition) is 1. The maximum absolute atomic E-state index is 13.1. The fraction of sp³-hybridized carbons (Fsp3) is 0.417. The van der Waals surface area contributed by atoms with Crippen molar-refractivity contribution in [3.05, 3.63) is 63.7 Å². The highest BCUT2D eigenvalue weighted by Gasteiger charge is 2.27. The molecule has 0 aromatic heterocycles. The molecule has 2 aromatic rings. The maximum atomic E-state index is 13.1. The summed E-state index contributed by atoms with van der Waals surface area (Å²) in [5.41, 5.74) is 1.74. The van der Waals surface area contributed by atoms with Crippen molar-refractivity contribution in [3.63, 3.8) is 0 Å². The van der Waals surface area contributed by atoms with E-state index in [1.807, 2.05) is 38.1 Å². The molecule has 178 valence electrons. The molecule has 0 spiro atoms. The number of hydrogen-bond acceptors (Lipinski definition) is 6. The van der Waals surface area contributed by atoms with E-state index in [9.17, 15) is 19.7 Å². The van der Waals surface area contributed by atoms with Gasteiger partial charge in [-0.05, 0) is 37.5 Å². The van der Waals surface area contributed by atoms with Crippen molar-refractivity contribution < 1.29 is 24.0 Å². The Bertz CT molecular complexity index is 978. The topological polar surface area (TPSA) is 111 Å². The lowest BCUT2D eigenvalue weighted by Gasteiger charge is -2.29. The summed E-state index contributed by atoms with van der Waals surface area (Å²) in [6, 6.07) is 11.0. The number of nitrogens with one attached hydrogen (secondary N) is 1. The first-order valence-electron chi connectivity index (χ1n) is 10.8. The first-order valence-corrected chi connectivity index (χ1v) is 10.8. The highest BCUT2D eigenvalue weighted by Crippen LogP contribution is 2.30. The Morgan fingerprint density at radius 2 is 1.94 bits per heavy atom. The summed E-state index contributed by atoms with van der Waals surface area (Å²) in [5, 5.41) is 13.9. The SMILES string of the molecule is CCCCNC(=O)[C@H](C)N(Cc1ccccc1C)C(=O)COc1ccc([N+](=O)[O-])c(OC)c1. The number of rotatable bonds is 12. The molecule has 9 nitrogen and oxygen atoms in total. The monoisotopic (exact) mass is 457 g/mol. The molecular weight excluding hydrogens is 426 g/mol. The van der Waals surface area contributed by atoms with E-state index in [1.165, 1.54) is 30.2 Å². The van der Waals surface area contributed by atoms with Crippen LogP contribution in [-0.2, 0) is 16.1 Å². The molecule has 0 fully saturated rings. The second-order valence-corrected chi connectivity index (χ2v) is 7.65. The zero-order valence-corrected chi connectivity index (χ0v) is 19.5. The van der Waals surface area contributed by atoms with E-state index in [1.54, 1.807) is 6.92 Å². The summed E-state index contributed by atoms with van der Waals surface area (Å²) in [6.45, 7) is 6.13. The Morgan fingerprint density at radius 3 is 2.58 bits per heavy atom. The fourth-order valence-electron chi connectivity index (χ4n) is 3.22. The van der Waals surface area contributed by atoms with E-state index in [4.69, 9.17) is 9.47 Å². The number of methoxy groups -OCH3 is 1. The van der Waals surface area contributed by atoms with Gasteiger partial charge in [-0.1, -0.05) is 37.6 Å². The van der Waals surface area contributed by atoms with E-state index >= 15 is 0 Å². The minimum Gasteiger partial charge on any atom is -0.490 e. The van der Waals surface area contributed by atoms with Crippen molar-refractivity contribution in [1.29, 1.82) is 0 Å². The standard InChI is InChI=1S/C24H31N3O6/c1-5-6-13-25-24(29)18(3)26(15-19-10-8-7-9-17(19)2)23(28)16-33-20-11-12-21(27(30)31)22(14-20)32-4/h7-12,14,18H,5-6,13,15-16H2,1-4H3,(H,25,29)/t18-/m0/s1. The summed E-state index contributed by atoms with van der Waals surface area (Å²) in [4.78, 5) is 37.8. The quantitative estimate of drug-likeness (QED) is 0.296. The van der Waals surface area contributed by atoms with Gasteiger partial charge in [0, 0.05) is 25.2 Å². The van der Waals surface area contributed by atoms with Crippen LogP contribution in [0.3, 0.4) is 0 Å². The number of benzene rings is 2. The van der Waals surface area contributed by atoms with Gasteiger partial charge in [-0.15, -0.1) is 0 Å². The van der Waals surface area contributed by atoms with Crippen LogP contribution in [0, 0.1) is 17.0 Å². The molecule has 0 saturated carbocycles. The first-order chi connectivity index (χ1) is 15.8. The van der Waals surface area contributed by atoms with Gasteiger partial charge in [-0.25, -0.2) is 0 Å². The number of carbonyl (C=O) groups is 2. The van der Waals surface area contributed by atoms with E-state index < -0.39 is 11.0 Å². The lowest BCUT2D eigenvalue weighted by molar-refractivity contribution is -0.385. The summed E-state index contributed by atoms with van der Waals surface area (Å²) in [7, 11) is 1.32. The molecular formula is C24H31N3O6. The van der Waals surface area contributed by atoms with Gasteiger partial charge in [0.25, 0.3) is 5.91 Å². The number of nitrogens with zero attached hydrogens (tertiary/aromatic N) is 2. The highest BCUT2D eigenvalue weighted by molar-refractivity contribution is 5.88. The fourth-order valence-corrected chi connectivity index (χ4v) is 3.22. The number of amides is 2. The predicted octanol–water partition coefficient (Wildman–Crippen LogP) is 3.62. The zero-order valence-electron chi connectivity index (χ0n) is 19.5. The van der Waals surface area contributed by atoms with Gasteiger partial charge in [-0.2, -0.15) is 0 Å². The molecule has 2 aromatic carbocycles. The third-order valence-electron chi connectivity index (χ3n) is 5.31. The minimum atomic E-state index is -0.705. The molecule has 33 heavy (non-hydrogen) atoms. The van der Waals surface area contributed by atoms with Crippen LogP contribution in [0.25, 0.3) is 0 Å². The zero-order chi connectivity index (χ0) is 24.4. The summed E-state index contributed by atoms with van der Waals surface area (Å²) >= 11 is 0. The highest BCUT2D eigenvalue weighted by atomic mass is 16.6. The van der Waals surface area contributed by atoms with Gasteiger partial charge in [0.2, 0.25) is 11.7 Å². The van der Waals surface area contributed by atoms with Gasteiger partial charge >= 0.3 is 5.69 Å². The van der Waals surface area contributed by atoms with Crippen LogP contribution in [0.4, 0.5) is 5.69 Å². The molecule has 0 bridgehead atoms. The van der Waals surface area contributed by atoms with Gasteiger partial charge in [0.05, 0.1) is 12.0 Å². The van der Waals surface area contributed by atoms with E-state index in [0.29, 0.717) is 6.54 Å². The number of carbonyl (C=O) groups excluding carboxylic acids is 2. The molecule has 0 radical (unpaired) electrons. The van der Waals surface area contributed by atoms with Crippen molar-refractivity contribution in [3.8, 4) is 11.5 Å². The van der Waals surface area contributed by atoms with Crippen molar-refractivity contribution in [1.82, 2.24) is 10.2 Å². The molecule has 1 N–H and O–H groups in total. The van der Waals surface area contributed by atoms with Crippen molar-refractivity contribution in [2.24, 2.45) is 0 Å². The van der Waals surface area contributed by atoms with E-state index in [0.717, 1.165) is 24.0 Å². The Balaban J connectivity index is 2.18. The van der Waals surface area contributed by atoms with E-state index in [-0.39, 0.29) is 42.2 Å². The number of ether oxygens (including phenoxy) is 2. The molecule has 0 aliphatic heterocycles. The van der Waals surface area contributed by atoms with Crippen LogP contribution in [-0.4, -0.2) is 47.9 Å². The molecule has 2 rings (SSSR count). The average Bonchev–Trinajstić information content (AvgIpc) is 2.81. The Hall–Kier alpha value is -3.62. The lowest BCUT2D eigenvalue weighted by atomic mass is 10.1. The second-order valence-electron chi connectivity index (χ2n) is 7.65. The van der Waals surface area contributed by atoms with Crippen LogP contribution in [0.2, 0.25) is 0 Å². The van der Waals surface area contributed by atoms with Gasteiger partial charge in [0.1, 0.15) is 11.8 Å². The third kappa shape index (κ3) is 7.20. The molecule has 0 unspecified atom stereocenters. The largest absolute Gasteiger partial charge is 0.490 e. The number of nitro groups is 1. The van der Waals surface area contributed by atoms with E-state index in [2.05, 4.69) is 5.32 Å². The van der Waals surface area contributed by atoms with Crippen molar-refractivity contribution in [2.45, 2.75) is 46.2 Å². The van der Waals surface area contributed by atoms with Crippen LogP contribution >= 0.6 is 0 Å². The lowest BCUT2D eigenvalue weighted by Crippen LogP contribution is -2.49. The van der Waals surface area contributed by atoms with Crippen molar-refractivity contribution in [2.75, 3.05) is 20.3 Å². The van der Waals surface area contributed by atoms with Crippen LogP contribution in [0.15, 0.2) is 42.5 Å². The minimum absolute atomic E-state index is 0.0328. The van der Waals surface area contributed by atoms with Crippen LogP contribution < -0.4 is 14.8 Å². The van der Waals surface area contributed by atoms with Crippen LogP contribution in [0.5, 0.6) is 11.5 Å². The van der Waals surface area contributed by atoms with Gasteiger partial charge in [-0.3, -0.25) is 19.7 Å². The summed E-state index contributed by atoms with van der Waals surface area (Å²) in [6.07, 6.45) is 1.81. The molecule has 1 atom stereocenters. The van der Waals surface area contributed by atoms with Crippen LogP contribution in [0.1, 0.15) is 37.8 Å². The number of nitro benzene ring substituents is 1. The molecule has 2 amide bonds. The normalized spacial score (nSPS) is 11.4. The first kappa shape index (κ1) is 25.6. The summed E-state index contributed by atoms with van der Waals surface area (Å²) < 4.78 is 10.6. The second kappa shape index (κ2) is 12.4. The van der Waals surface area contributed by atoms with Crippen molar-refractivity contribution >= 4 is 17.5 Å². The predicted molar refractivity (Wildman–Crippen MR) is 124 cm³/mol. The molecule has 0 aliphatic carbocycles. The number of unbranched alkanes of at least 4 members (excludes halogenated alkanes) is 1. The average molecular weight is 458 g/mol. The molecule has 0 aliphatic rings. The Morgan fingerprint density at radius 1 is 1.21 bits per heavy atom. The summed E-state index contributed by atoms with van der Waals surface area (Å²) in [5.74, 6) is -0.330.